The second kappa shape index (κ2) is 9.26. The zero-order valence-electron chi connectivity index (χ0n) is 14.3. The predicted molar refractivity (Wildman–Crippen MR) is 97.6 cm³/mol. The lowest BCUT2D eigenvalue weighted by Crippen LogP contribution is -2.57. The fourth-order valence-corrected chi connectivity index (χ4v) is 3.25. The maximum absolute atomic E-state index is 12.4. The van der Waals surface area contributed by atoms with Crippen LogP contribution in [0.3, 0.4) is 0 Å². The van der Waals surface area contributed by atoms with Crippen molar-refractivity contribution in [1.29, 1.82) is 0 Å². The van der Waals surface area contributed by atoms with Crippen molar-refractivity contribution in [3.05, 3.63) is 35.9 Å². The Balaban J connectivity index is 0.00000264. The van der Waals surface area contributed by atoms with Gasteiger partial charge in [-0.2, -0.15) is 0 Å². The molecule has 1 fully saturated rings. The summed E-state index contributed by atoms with van der Waals surface area (Å²) in [5.74, 6) is 0.0211. The van der Waals surface area contributed by atoms with E-state index in [-0.39, 0.29) is 24.4 Å². The molecule has 5 heteroatoms. The molecule has 3 N–H and O–H groups in total. The summed E-state index contributed by atoms with van der Waals surface area (Å²) >= 11 is 0. The van der Waals surface area contributed by atoms with Crippen LogP contribution in [0.5, 0.6) is 0 Å². The quantitative estimate of drug-likeness (QED) is 0.837. The van der Waals surface area contributed by atoms with E-state index in [1.54, 1.807) is 0 Å². The highest BCUT2D eigenvalue weighted by Crippen LogP contribution is 2.26. The van der Waals surface area contributed by atoms with Crippen LogP contribution in [0.2, 0.25) is 0 Å². The first-order valence-electron chi connectivity index (χ1n) is 8.32. The van der Waals surface area contributed by atoms with E-state index in [1.807, 2.05) is 13.0 Å². The van der Waals surface area contributed by atoms with Crippen LogP contribution in [0, 0.1) is 0 Å². The molecule has 1 aliphatic carbocycles. The molecule has 1 amide bonds. The van der Waals surface area contributed by atoms with Gasteiger partial charge >= 0.3 is 0 Å². The summed E-state index contributed by atoms with van der Waals surface area (Å²) < 4.78 is 0. The van der Waals surface area contributed by atoms with Crippen LogP contribution in [0.25, 0.3) is 0 Å². The number of rotatable bonds is 6. The third-order valence-corrected chi connectivity index (χ3v) is 4.46. The number of likely N-dealkylation sites (N-methyl/N-ethyl adjacent to an activating group) is 1. The lowest BCUT2D eigenvalue weighted by molar-refractivity contribution is -0.128. The zero-order valence-corrected chi connectivity index (χ0v) is 15.1. The number of nitrogens with zero attached hydrogens (tertiary/aromatic N) is 1. The van der Waals surface area contributed by atoms with Gasteiger partial charge in [0.05, 0.1) is 5.54 Å². The molecule has 1 saturated carbocycles. The molecule has 1 aromatic carbocycles. The first-order chi connectivity index (χ1) is 10.5. The minimum Gasteiger partial charge on any atom is -0.351 e. The zero-order chi connectivity index (χ0) is 16.0. The second-order valence-electron chi connectivity index (χ2n) is 6.77. The average Bonchev–Trinajstić information content (AvgIpc) is 2.48. The van der Waals surface area contributed by atoms with Crippen molar-refractivity contribution in [2.45, 2.75) is 57.2 Å². The van der Waals surface area contributed by atoms with E-state index in [4.69, 9.17) is 5.73 Å². The Morgan fingerprint density at radius 1 is 1.26 bits per heavy atom. The van der Waals surface area contributed by atoms with Gasteiger partial charge in [-0.1, -0.05) is 49.6 Å². The third kappa shape index (κ3) is 6.13. The van der Waals surface area contributed by atoms with Crippen molar-refractivity contribution < 1.29 is 4.79 Å². The number of carbonyl (C=O) groups excluding carboxylic acids is 1. The smallest absolute Gasteiger partial charge is 0.240 e. The molecule has 1 unspecified atom stereocenters. The first-order valence-corrected chi connectivity index (χ1v) is 8.32. The maximum atomic E-state index is 12.4. The number of nitrogens with one attached hydrogen (secondary N) is 1. The van der Waals surface area contributed by atoms with E-state index in [2.05, 4.69) is 41.5 Å². The van der Waals surface area contributed by atoms with Crippen LogP contribution in [0.1, 0.15) is 44.6 Å². The third-order valence-electron chi connectivity index (χ3n) is 4.46. The lowest BCUT2D eigenvalue weighted by Gasteiger charge is -2.33. The van der Waals surface area contributed by atoms with Crippen molar-refractivity contribution in [1.82, 2.24) is 10.2 Å². The number of nitrogens with two attached hydrogens (primary N) is 1. The minimum atomic E-state index is -0.648. The first kappa shape index (κ1) is 19.9. The van der Waals surface area contributed by atoms with Crippen LogP contribution in [-0.4, -0.2) is 36.0 Å². The standard InChI is InChI=1S/C18H29N3O.ClH/c1-15(13-21(2)14-16-9-5-3-6-10-16)20-17(22)18(19)11-7-4-8-12-18;/h3,5-6,9-10,15H,4,7-8,11-14,19H2,1-2H3,(H,20,22);1H. The Labute approximate surface area is 146 Å². The van der Waals surface area contributed by atoms with Gasteiger partial charge in [0, 0.05) is 19.1 Å². The number of hydrogen-bond acceptors (Lipinski definition) is 3. The molecule has 2 rings (SSSR count). The summed E-state index contributed by atoms with van der Waals surface area (Å²) in [6.07, 6.45) is 4.94. The molecule has 1 aromatic rings. The fourth-order valence-electron chi connectivity index (χ4n) is 3.25. The van der Waals surface area contributed by atoms with E-state index in [0.29, 0.717) is 0 Å². The summed E-state index contributed by atoms with van der Waals surface area (Å²) in [6.45, 7) is 3.75. The van der Waals surface area contributed by atoms with E-state index in [0.717, 1.165) is 38.8 Å². The summed E-state index contributed by atoms with van der Waals surface area (Å²) in [7, 11) is 2.08. The van der Waals surface area contributed by atoms with Gasteiger partial charge in [-0.3, -0.25) is 4.79 Å². The summed E-state index contributed by atoms with van der Waals surface area (Å²) in [4.78, 5) is 14.6. The number of amides is 1. The van der Waals surface area contributed by atoms with Crippen LogP contribution in [0.15, 0.2) is 30.3 Å². The molecule has 1 aliphatic rings. The molecule has 4 nitrogen and oxygen atoms in total. The maximum Gasteiger partial charge on any atom is 0.240 e. The highest BCUT2D eigenvalue weighted by Gasteiger charge is 2.35. The van der Waals surface area contributed by atoms with Crippen LogP contribution >= 0.6 is 12.4 Å². The molecule has 130 valence electrons. The molecule has 0 bridgehead atoms. The Hall–Kier alpha value is -1.10. The molecule has 23 heavy (non-hydrogen) atoms. The van der Waals surface area contributed by atoms with Gasteiger partial charge in [-0.05, 0) is 32.4 Å². The highest BCUT2D eigenvalue weighted by atomic mass is 35.5. The van der Waals surface area contributed by atoms with Gasteiger partial charge in [-0.15, -0.1) is 12.4 Å². The normalized spacial score (nSPS) is 18.1. The lowest BCUT2D eigenvalue weighted by atomic mass is 9.82. The van der Waals surface area contributed by atoms with Gasteiger partial charge < -0.3 is 16.0 Å². The van der Waals surface area contributed by atoms with Gasteiger partial charge in [0.1, 0.15) is 0 Å². The predicted octanol–water partition coefficient (Wildman–Crippen LogP) is 2.71. The Bertz CT molecular complexity index is 474. The van der Waals surface area contributed by atoms with E-state index >= 15 is 0 Å². The van der Waals surface area contributed by atoms with Crippen molar-refractivity contribution >= 4 is 18.3 Å². The highest BCUT2D eigenvalue weighted by molar-refractivity contribution is 5.86. The van der Waals surface area contributed by atoms with Gasteiger partial charge in [0.2, 0.25) is 5.91 Å². The number of benzene rings is 1. The van der Waals surface area contributed by atoms with Crippen molar-refractivity contribution in [3.63, 3.8) is 0 Å². The molecular formula is C18H30ClN3O. The molecule has 0 aliphatic heterocycles. The molecule has 0 saturated heterocycles. The van der Waals surface area contributed by atoms with E-state index < -0.39 is 5.54 Å². The molecular weight excluding hydrogens is 310 g/mol. The Morgan fingerprint density at radius 3 is 2.48 bits per heavy atom. The fraction of sp³-hybridized carbons (Fsp3) is 0.611. The molecule has 0 spiro atoms. The van der Waals surface area contributed by atoms with E-state index in [1.165, 1.54) is 12.0 Å². The van der Waals surface area contributed by atoms with Crippen molar-refractivity contribution in [3.8, 4) is 0 Å². The number of halogens is 1. The van der Waals surface area contributed by atoms with Crippen LogP contribution in [-0.2, 0) is 11.3 Å². The van der Waals surface area contributed by atoms with Crippen LogP contribution in [0.4, 0.5) is 0 Å². The van der Waals surface area contributed by atoms with Gasteiger partial charge in [-0.25, -0.2) is 0 Å². The monoisotopic (exact) mass is 339 g/mol. The Kier molecular flexibility index (Phi) is 8.03. The van der Waals surface area contributed by atoms with Crippen molar-refractivity contribution in [2.24, 2.45) is 5.73 Å². The Morgan fingerprint density at radius 2 is 1.87 bits per heavy atom. The van der Waals surface area contributed by atoms with E-state index in [9.17, 15) is 4.79 Å². The molecule has 0 radical (unpaired) electrons. The molecule has 1 atom stereocenters. The average molecular weight is 340 g/mol. The van der Waals surface area contributed by atoms with Gasteiger partial charge in [0.15, 0.2) is 0 Å². The second-order valence-corrected chi connectivity index (χ2v) is 6.77. The molecule has 0 aromatic heterocycles. The SMILES string of the molecule is CC(CN(C)Cc1ccccc1)NC(=O)C1(N)CCCCC1.Cl. The van der Waals surface area contributed by atoms with Gasteiger partial charge in [0.25, 0.3) is 0 Å². The summed E-state index contributed by atoms with van der Waals surface area (Å²) in [5.41, 5.74) is 6.91. The largest absolute Gasteiger partial charge is 0.351 e. The molecule has 0 heterocycles. The summed E-state index contributed by atoms with van der Waals surface area (Å²) in [5, 5.41) is 3.10. The van der Waals surface area contributed by atoms with Crippen molar-refractivity contribution in [2.75, 3.05) is 13.6 Å². The number of carbonyl (C=O) groups is 1. The minimum absolute atomic E-state index is 0. The summed E-state index contributed by atoms with van der Waals surface area (Å²) in [6, 6.07) is 10.5. The topological polar surface area (TPSA) is 58.4 Å². The number of hydrogen-bond donors (Lipinski definition) is 2. The van der Waals surface area contributed by atoms with Crippen LogP contribution < -0.4 is 11.1 Å².